The Bertz CT molecular complexity index is 1010. The summed E-state index contributed by atoms with van der Waals surface area (Å²) in [7, 11) is 0. The van der Waals surface area contributed by atoms with E-state index in [9.17, 15) is 14.7 Å². The van der Waals surface area contributed by atoms with Crippen LogP contribution in [-0.4, -0.2) is 32.7 Å². The van der Waals surface area contributed by atoms with Crippen LogP contribution in [-0.2, 0) is 9.59 Å². The second-order valence-electron chi connectivity index (χ2n) is 6.56. The van der Waals surface area contributed by atoms with Crippen molar-refractivity contribution in [3.8, 4) is 5.75 Å². The van der Waals surface area contributed by atoms with Crippen LogP contribution in [0.3, 0.4) is 0 Å². The van der Waals surface area contributed by atoms with Crippen LogP contribution < -0.4 is 5.32 Å². The zero-order chi connectivity index (χ0) is 21.0. The number of thiocarbonyl (C=S) groups is 1. The number of benzene rings is 2. The summed E-state index contributed by atoms with van der Waals surface area (Å²) in [5, 5.41) is 12.8. The molecule has 0 saturated carbocycles. The number of anilines is 1. The van der Waals surface area contributed by atoms with E-state index < -0.39 is 0 Å². The monoisotopic (exact) mass is 490 g/mol. The topological polar surface area (TPSA) is 69.6 Å². The van der Waals surface area contributed by atoms with E-state index in [0.717, 1.165) is 15.7 Å². The molecule has 0 bridgehead atoms. The highest BCUT2D eigenvalue weighted by atomic mass is 79.9. The second kappa shape index (κ2) is 9.56. The molecule has 3 rings (SSSR count). The Morgan fingerprint density at radius 1 is 1.31 bits per heavy atom. The van der Waals surface area contributed by atoms with E-state index in [1.54, 1.807) is 24.3 Å². The molecule has 0 aliphatic carbocycles. The minimum atomic E-state index is -0.210. The summed E-state index contributed by atoms with van der Waals surface area (Å²) >= 11 is 9.87. The maximum atomic E-state index is 12.7. The summed E-state index contributed by atoms with van der Waals surface area (Å²) in [6.07, 6.45) is 2.42. The molecular weight excluding hydrogens is 472 g/mol. The van der Waals surface area contributed by atoms with Crippen molar-refractivity contribution >= 4 is 67.8 Å². The molecule has 1 fully saturated rings. The standard InChI is InChI=1S/C21H19BrN2O3S2/c1-13-4-2-5-16(10-13)23-19(26)6-3-9-24-20(27)18(29-21(24)28)12-14-11-15(22)7-8-17(14)25/h2,4-5,7-8,10-12,25H,3,6,9H2,1H3,(H,23,26)/b18-12-. The van der Waals surface area contributed by atoms with Crippen molar-refractivity contribution < 1.29 is 14.7 Å². The zero-order valence-electron chi connectivity index (χ0n) is 15.6. The molecule has 150 valence electrons. The molecule has 29 heavy (non-hydrogen) atoms. The van der Waals surface area contributed by atoms with Crippen molar-refractivity contribution in [1.29, 1.82) is 0 Å². The van der Waals surface area contributed by atoms with Gasteiger partial charge in [0, 0.05) is 28.7 Å². The van der Waals surface area contributed by atoms with Crippen LogP contribution in [0.25, 0.3) is 6.08 Å². The maximum Gasteiger partial charge on any atom is 0.266 e. The SMILES string of the molecule is Cc1cccc(NC(=O)CCCN2C(=O)/C(=C/c3cc(Br)ccc3O)SC2=S)c1. The predicted molar refractivity (Wildman–Crippen MR) is 125 cm³/mol. The number of nitrogens with zero attached hydrogens (tertiary/aromatic N) is 1. The lowest BCUT2D eigenvalue weighted by molar-refractivity contribution is -0.122. The minimum absolute atomic E-state index is 0.0892. The van der Waals surface area contributed by atoms with Crippen LogP contribution >= 0.6 is 39.9 Å². The molecule has 2 aromatic rings. The van der Waals surface area contributed by atoms with Gasteiger partial charge in [0.25, 0.3) is 5.91 Å². The Kier molecular flexibility index (Phi) is 7.10. The normalized spacial score (nSPS) is 15.2. The molecule has 0 spiro atoms. The molecule has 0 aromatic heterocycles. The molecule has 0 radical (unpaired) electrons. The first-order chi connectivity index (χ1) is 13.8. The molecule has 2 N–H and O–H groups in total. The molecule has 8 heteroatoms. The van der Waals surface area contributed by atoms with E-state index in [2.05, 4.69) is 21.2 Å². The average molecular weight is 491 g/mol. The molecule has 5 nitrogen and oxygen atoms in total. The van der Waals surface area contributed by atoms with Crippen molar-refractivity contribution in [3.63, 3.8) is 0 Å². The van der Waals surface area contributed by atoms with E-state index in [1.165, 1.54) is 16.7 Å². The first-order valence-electron chi connectivity index (χ1n) is 8.94. The summed E-state index contributed by atoms with van der Waals surface area (Å²) in [6.45, 7) is 2.33. The molecule has 0 unspecified atom stereocenters. The fourth-order valence-corrected chi connectivity index (χ4v) is 4.50. The lowest BCUT2D eigenvalue weighted by atomic mass is 10.2. The molecule has 1 heterocycles. The van der Waals surface area contributed by atoms with E-state index >= 15 is 0 Å². The van der Waals surface area contributed by atoms with Crippen LogP contribution in [0.1, 0.15) is 24.0 Å². The maximum absolute atomic E-state index is 12.7. The second-order valence-corrected chi connectivity index (χ2v) is 9.15. The number of aryl methyl sites for hydroxylation is 1. The molecule has 2 amide bonds. The summed E-state index contributed by atoms with van der Waals surface area (Å²) in [4.78, 5) is 26.8. The largest absolute Gasteiger partial charge is 0.507 e. The van der Waals surface area contributed by atoms with Crippen molar-refractivity contribution in [2.45, 2.75) is 19.8 Å². The van der Waals surface area contributed by atoms with Gasteiger partial charge in [0.15, 0.2) is 0 Å². The predicted octanol–water partition coefficient (Wildman–Crippen LogP) is 5.08. The van der Waals surface area contributed by atoms with E-state index in [4.69, 9.17) is 12.2 Å². The smallest absolute Gasteiger partial charge is 0.266 e. The molecule has 1 aliphatic heterocycles. The van der Waals surface area contributed by atoms with Crippen molar-refractivity contribution in [3.05, 3.63) is 63.0 Å². The lowest BCUT2D eigenvalue weighted by Gasteiger charge is -2.14. The number of carbonyl (C=O) groups is 2. The summed E-state index contributed by atoms with van der Waals surface area (Å²) < 4.78 is 1.26. The molecule has 1 saturated heterocycles. The fourth-order valence-electron chi connectivity index (χ4n) is 2.82. The van der Waals surface area contributed by atoms with Gasteiger partial charge in [0.2, 0.25) is 5.91 Å². The number of thioether (sulfide) groups is 1. The molecule has 0 atom stereocenters. The Labute approximate surface area is 187 Å². The number of amides is 2. The number of nitrogens with one attached hydrogen (secondary N) is 1. The summed E-state index contributed by atoms with van der Waals surface area (Å²) in [5.74, 6) is -0.222. The first-order valence-corrected chi connectivity index (χ1v) is 11.0. The van der Waals surface area contributed by atoms with Crippen molar-refractivity contribution in [1.82, 2.24) is 4.90 Å². The number of phenols is 1. The average Bonchev–Trinajstić information content (AvgIpc) is 2.92. The van der Waals surface area contributed by atoms with Gasteiger partial charge in [-0.05, 0) is 55.3 Å². The lowest BCUT2D eigenvalue weighted by Crippen LogP contribution is -2.29. The van der Waals surface area contributed by atoms with Gasteiger partial charge in [0.05, 0.1) is 4.91 Å². The van der Waals surface area contributed by atoms with Gasteiger partial charge in [0.1, 0.15) is 10.1 Å². The van der Waals surface area contributed by atoms with Gasteiger partial charge in [-0.25, -0.2) is 0 Å². The Morgan fingerprint density at radius 2 is 2.10 bits per heavy atom. The van der Waals surface area contributed by atoms with E-state index in [0.29, 0.717) is 27.8 Å². The van der Waals surface area contributed by atoms with Crippen LogP contribution in [0.2, 0.25) is 0 Å². The molecule has 2 aromatic carbocycles. The van der Waals surface area contributed by atoms with Crippen LogP contribution in [0.4, 0.5) is 5.69 Å². The van der Waals surface area contributed by atoms with Gasteiger partial charge in [-0.3, -0.25) is 14.5 Å². The van der Waals surface area contributed by atoms with Crippen LogP contribution in [0, 0.1) is 6.92 Å². The van der Waals surface area contributed by atoms with E-state index in [1.807, 2.05) is 31.2 Å². The van der Waals surface area contributed by atoms with E-state index in [-0.39, 0.29) is 24.0 Å². The molecular formula is C21H19BrN2O3S2. The third kappa shape index (κ3) is 5.68. The fraction of sp³-hybridized carbons (Fsp3) is 0.190. The van der Waals surface area contributed by atoms with Gasteiger partial charge in [-0.2, -0.15) is 0 Å². The van der Waals surface area contributed by atoms with Crippen molar-refractivity contribution in [2.75, 3.05) is 11.9 Å². The van der Waals surface area contributed by atoms with Gasteiger partial charge in [-0.1, -0.05) is 52.0 Å². The summed E-state index contributed by atoms with van der Waals surface area (Å²) in [6, 6.07) is 12.6. The number of hydrogen-bond acceptors (Lipinski definition) is 5. The third-order valence-corrected chi connectivity index (χ3v) is 6.11. The highest BCUT2D eigenvalue weighted by Gasteiger charge is 2.31. The number of rotatable bonds is 6. The van der Waals surface area contributed by atoms with Crippen LogP contribution in [0.5, 0.6) is 5.75 Å². The van der Waals surface area contributed by atoms with Gasteiger partial charge < -0.3 is 10.4 Å². The third-order valence-electron chi connectivity index (χ3n) is 4.24. The Balaban J connectivity index is 1.57. The Morgan fingerprint density at radius 3 is 2.86 bits per heavy atom. The number of halogens is 1. The van der Waals surface area contributed by atoms with Crippen molar-refractivity contribution in [2.24, 2.45) is 0 Å². The minimum Gasteiger partial charge on any atom is -0.507 e. The van der Waals surface area contributed by atoms with Gasteiger partial charge >= 0.3 is 0 Å². The first kappa shape index (κ1) is 21.5. The number of hydrogen-bond donors (Lipinski definition) is 2. The number of phenolic OH excluding ortho intramolecular Hbond substituents is 1. The highest BCUT2D eigenvalue weighted by Crippen LogP contribution is 2.34. The van der Waals surface area contributed by atoms with Crippen LogP contribution in [0.15, 0.2) is 51.8 Å². The van der Waals surface area contributed by atoms with Gasteiger partial charge in [-0.15, -0.1) is 0 Å². The molecule has 1 aliphatic rings. The quantitative estimate of drug-likeness (QED) is 0.436. The summed E-state index contributed by atoms with van der Waals surface area (Å²) in [5.41, 5.74) is 2.37. The highest BCUT2D eigenvalue weighted by molar-refractivity contribution is 9.10. The number of aromatic hydroxyl groups is 1. The Hall–Kier alpha value is -2.16. The zero-order valence-corrected chi connectivity index (χ0v) is 18.9. The number of carbonyl (C=O) groups excluding carboxylic acids is 2.